The van der Waals surface area contributed by atoms with Gasteiger partial charge < -0.3 is 9.73 Å². The number of thiazole rings is 1. The number of aromatic nitrogens is 2. The highest BCUT2D eigenvalue weighted by Crippen LogP contribution is 2.24. The summed E-state index contributed by atoms with van der Waals surface area (Å²) in [6.07, 6.45) is 1.83. The summed E-state index contributed by atoms with van der Waals surface area (Å²) in [7, 11) is 0. The van der Waals surface area contributed by atoms with Crippen LogP contribution >= 0.6 is 11.3 Å². The summed E-state index contributed by atoms with van der Waals surface area (Å²) in [5.74, 6) is 0.263. The third kappa shape index (κ3) is 3.99. The molecule has 5 nitrogen and oxygen atoms in total. The van der Waals surface area contributed by atoms with Crippen molar-refractivity contribution in [3.8, 4) is 22.0 Å². The van der Waals surface area contributed by atoms with Gasteiger partial charge in [-0.25, -0.2) is 14.4 Å². The zero-order valence-electron chi connectivity index (χ0n) is 15.0. The largest absolute Gasteiger partial charge is 0.441 e. The van der Waals surface area contributed by atoms with Crippen molar-refractivity contribution < 1.29 is 13.6 Å². The van der Waals surface area contributed by atoms with E-state index in [0.29, 0.717) is 28.6 Å². The van der Waals surface area contributed by atoms with E-state index in [2.05, 4.69) is 15.3 Å². The summed E-state index contributed by atoms with van der Waals surface area (Å²) in [5, 5.41) is 5.70. The zero-order valence-corrected chi connectivity index (χ0v) is 15.8. The quantitative estimate of drug-likeness (QED) is 0.513. The summed E-state index contributed by atoms with van der Waals surface area (Å²) >= 11 is 1.56. The Kier molecular flexibility index (Phi) is 4.99. The molecule has 0 bridgehead atoms. The van der Waals surface area contributed by atoms with E-state index < -0.39 is 0 Å². The standard InChI is InChI=1S/C21H16FN3O2S/c1-13-18(25-20(27-13)15-3-2-4-16(22)11-15)12-19(26)24-17-7-5-14(6-8-17)21-23-9-10-28-21/h2-11H,12H2,1H3,(H,24,26). The average molecular weight is 393 g/mol. The first-order valence-electron chi connectivity index (χ1n) is 8.60. The van der Waals surface area contributed by atoms with Crippen LogP contribution in [0.3, 0.4) is 0 Å². The second kappa shape index (κ2) is 7.74. The van der Waals surface area contributed by atoms with Crippen molar-refractivity contribution in [2.24, 2.45) is 0 Å². The maximum Gasteiger partial charge on any atom is 0.230 e. The molecule has 1 amide bonds. The van der Waals surface area contributed by atoms with E-state index in [0.717, 1.165) is 10.6 Å². The van der Waals surface area contributed by atoms with E-state index in [-0.39, 0.29) is 18.1 Å². The van der Waals surface area contributed by atoms with Gasteiger partial charge in [0.25, 0.3) is 0 Å². The van der Waals surface area contributed by atoms with E-state index in [1.54, 1.807) is 36.6 Å². The number of benzene rings is 2. The molecule has 0 radical (unpaired) electrons. The molecule has 2 heterocycles. The maximum absolute atomic E-state index is 13.4. The Morgan fingerprint density at radius 1 is 1.18 bits per heavy atom. The molecule has 4 rings (SSSR count). The molecule has 0 saturated heterocycles. The lowest BCUT2D eigenvalue weighted by molar-refractivity contribution is -0.115. The summed E-state index contributed by atoms with van der Waals surface area (Å²) < 4.78 is 19.0. The second-order valence-electron chi connectivity index (χ2n) is 6.17. The number of aryl methyl sites for hydroxylation is 1. The van der Waals surface area contributed by atoms with Crippen LogP contribution in [-0.2, 0) is 11.2 Å². The minimum absolute atomic E-state index is 0.0683. The van der Waals surface area contributed by atoms with Crippen molar-refractivity contribution in [1.82, 2.24) is 9.97 Å². The summed E-state index contributed by atoms with van der Waals surface area (Å²) in [4.78, 5) is 21.0. The van der Waals surface area contributed by atoms with E-state index >= 15 is 0 Å². The molecule has 4 aromatic rings. The summed E-state index contributed by atoms with van der Waals surface area (Å²) in [6, 6.07) is 13.5. The molecular formula is C21H16FN3O2S. The number of anilines is 1. The normalized spacial score (nSPS) is 10.8. The van der Waals surface area contributed by atoms with Gasteiger partial charge in [0.15, 0.2) is 0 Å². The smallest absolute Gasteiger partial charge is 0.230 e. The van der Waals surface area contributed by atoms with Crippen LogP contribution < -0.4 is 5.32 Å². The molecule has 0 aliphatic carbocycles. The molecule has 0 unspecified atom stereocenters. The lowest BCUT2D eigenvalue weighted by Gasteiger charge is -2.05. The van der Waals surface area contributed by atoms with Crippen LogP contribution in [0, 0.1) is 12.7 Å². The number of rotatable bonds is 5. The fourth-order valence-electron chi connectivity index (χ4n) is 2.76. The molecule has 7 heteroatoms. The molecule has 0 aliphatic rings. The Morgan fingerprint density at radius 3 is 2.71 bits per heavy atom. The van der Waals surface area contributed by atoms with Crippen molar-refractivity contribution in [3.63, 3.8) is 0 Å². The van der Waals surface area contributed by atoms with Crippen LogP contribution in [0.1, 0.15) is 11.5 Å². The number of hydrogen-bond acceptors (Lipinski definition) is 5. The molecule has 0 spiro atoms. The average Bonchev–Trinajstić information content (AvgIpc) is 3.33. The lowest BCUT2D eigenvalue weighted by atomic mass is 10.2. The van der Waals surface area contributed by atoms with Gasteiger partial charge in [-0.3, -0.25) is 4.79 Å². The summed E-state index contributed by atoms with van der Waals surface area (Å²) in [5.41, 5.74) is 2.75. The maximum atomic E-state index is 13.4. The van der Waals surface area contributed by atoms with Crippen LogP contribution in [0.25, 0.3) is 22.0 Å². The second-order valence-corrected chi connectivity index (χ2v) is 7.07. The molecule has 2 aromatic carbocycles. The van der Waals surface area contributed by atoms with Crippen molar-refractivity contribution >= 4 is 22.9 Å². The van der Waals surface area contributed by atoms with Crippen LogP contribution in [0.5, 0.6) is 0 Å². The number of oxazole rings is 1. The van der Waals surface area contributed by atoms with Crippen LogP contribution in [0.2, 0.25) is 0 Å². The van der Waals surface area contributed by atoms with E-state index in [1.165, 1.54) is 12.1 Å². The molecule has 140 valence electrons. The fraction of sp³-hybridized carbons (Fsp3) is 0.0952. The van der Waals surface area contributed by atoms with Gasteiger partial charge in [0, 0.05) is 28.4 Å². The van der Waals surface area contributed by atoms with Crippen molar-refractivity contribution in [3.05, 3.63) is 77.4 Å². The van der Waals surface area contributed by atoms with E-state index in [4.69, 9.17) is 4.42 Å². The topological polar surface area (TPSA) is 68.0 Å². The Morgan fingerprint density at radius 2 is 2.00 bits per heavy atom. The molecule has 0 atom stereocenters. The van der Waals surface area contributed by atoms with E-state index in [9.17, 15) is 9.18 Å². The van der Waals surface area contributed by atoms with Gasteiger partial charge in [-0.2, -0.15) is 0 Å². The van der Waals surface area contributed by atoms with Gasteiger partial charge in [-0.1, -0.05) is 6.07 Å². The molecule has 0 saturated carbocycles. The van der Waals surface area contributed by atoms with Crippen LogP contribution in [0.15, 0.2) is 64.5 Å². The van der Waals surface area contributed by atoms with Gasteiger partial charge in [0.05, 0.1) is 12.1 Å². The first-order valence-corrected chi connectivity index (χ1v) is 9.48. The van der Waals surface area contributed by atoms with E-state index in [1.807, 2.05) is 29.6 Å². The predicted octanol–water partition coefficient (Wildman–Crippen LogP) is 5.09. The molecule has 1 N–H and O–H groups in total. The van der Waals surface area contributed by atoms with Gasteiger partial charge in [-0.15, -0.1) is 11.3 Å². The number of carbonyl (C=O) groups excluding carboxylic acids is 1. The number of amides is 1. The van der Waals surface area contributed by atoms with Gasteiger partial charge in [0.1, 0.15) is 16.6 Å². The van der Waals surface area contributed by atoms with Crippen molar-refractivity contribution in [1.29, 1.82) is 0 Å². The number of nitrogens with zero attached hydrogens (tertiary/aromatic N) is 2. The van der Waals surface area contributed by atoms with Crippen LogP contribution in [0.4, 0.5) is 10.1 Å². The number of halogens is 1. The number of nitrogens with one attached hydrogen (secondary N) is 1. The highest BCUT2D eigenvalue weighted by molar-refractivity contribution is 7.13. The first-order chi connectivity index (χ1) is 13.6. The first kappa shape index (κ1) is 18.1. The Labute approximate surface area is 164 Å². The van der Waals surface area contributed by atoms with Gasteiger partial charge >= 0.3 is 0 Å². The predicted molar refractivity (Wildman–Crippen MR) is 107 cm³/mol. The Hall–Kier alpha value is -3.32. The minimum atomic E-state index is -0.367. The third-order valence-corrected chi connectivity index (χ3v) is 4.96. The Bertz CT molecular complexity index is 1110. The highest BCUT2D eigenvalue weighted by Gasteiger charge is 2.15. The third-order valence-electron chi connectivity index (χ3n) is 4.14. The highest BCUT2D eigenvalue weighted by atomic mass is 32.1. The molecule has 28 heavy (non-hydrogen) atoms. The Balaban J connectivity index is 1.44. The lowest BCUT2D eigenvalue weighted by Crippen LogP contribution is -2.15. The minimum Gasteiger partial charge on any atom is -0.441 e. The SMILES string of the molecule is Cc1oc(-c2cccc(F)c2)nc1CC(=O)Nc1ccc(-c2nccs2)cc1. The van der Waals surface area contributed by atoms with Crippen LogP contribution in [-0.4, -0.2) is 15.9 Å². The molecule has 0 fully saturated rings. The van der Waals surface area contributed by atoms with Gasteiger partial charge in [0.2, 0.25) is 11.8 Å². The van der Waals surface area contributed by atoms with Crippen molar-refractivity contribution in [2.45, 2.75) is 13.3 Å². The monoisotopic (exact) mass is 393 g/mol. The molecular weight excluding hydrogens is 377 g/mol. The number of hydrogen-bond donors (Lipinski definition) is 1. The fourth-order valence-corrected chi connectivity index (χ4v) is 3.40. The number of carbonyl (C=O) groups is 1. The van der Waals surface area contributed by atoms with Gasteiger partial charge in [-0.05, 0) is 49.4 Å². The van der Waals surface area contributed by atoms with Crippen molar-refractivity contribution in [2.75, 3.05) is 5.32 Å². The summed E-state index contributed by atoms with van der Waals surface area (Å²) in [6.45, 7) is 1.74. The molecule has 0 aliphatic heterocycles. The molecule has 2 aromatic heterocycles. The zero-order chi connectivity index (χ0) is 19.5.